The fourth-order valence-corrected chi connectivity index (χ4v) is 4.38. The first-order chi connectivity index (χ1) is 11.8. The summed E-state index contributed by atoms with van der Waals surface area (Å²) >= 11 is 17.9. The Bertz CT molecular complexity index is 712. The van der Waals surface area contributed by atoms with Crippen LogP contribution in [-0.2, 0) is 22.2 Å². The van der Waals surface area contributed by atoms with Gasteiger partial charge in [-0.2, -0.15) is 0 Å². The summed E-state index contributed by atoms with van der Waals surface area (Å²) in [4.78, 5) is 3.47. The Morgan fingerprint density at radius 3 is 2.52 bits per heavy atom. The molecule has 0 aliphatic rings. The lowest BCUT2D eigenvalue weighted by Crippen LogP contribution is -2.27. The van der Waals surface area contributed by atoms with Crippen molar-refractivity contribution in [2.24, 2.45) is 0 Å². The lowest BCUT2D eigenvalue weighted by atomic mass is 10.1. The molecule has 0 unspecified atom stereocenters. The van der Waals surface area contributed by atoms with Gasteiger partial charge in [0, 0.05) is 9.44 Å². The number of halogens is 3. The van der Waals surface area contributed by atoms with Crippen LogP contribution in [0.25, 0.3) is 4.95 Å². The SMILES string of the molecule is CC#[N+]N(CCCC)S(=O)(=O)Cc1cccc(CCCC(Cl)Cl)c1Cl. The van der Waals surface area contributed by atoms with Gasteiger partial charge in [0.25, 0.3) is 10.0 Å². The molecule has 0 spiro atoms. The van der Waals surface area contributed by atoms with E-state index in [0.29, 0.717) is 30.0 Å². The monoisotopic (exact) mass is 425 g/mol. The van der Waals surface area contributed by atoms with Gasteiger partial charge in [-0.3, -0.25) is 0 Å². The number of alkyl halides is 2. The minimum absolute atomic E-state index is 0.192. The van der Waals surface area contributed by atoms with Crippen LogP contribution in [0, 0.1) is 6.07 Å². The second kappa shape index (κ2) is 11.1. The number of nitrogens with zero attached hydrogens (tertiary/aromatic N) is 2. The smallest absolute Gasteiger partial charge is 0.200 e. The number of benzene rings is 1. The third-order valence-corrected chi connectivity index (χ3v) is 6.10. The van der Waals surface area contributed by atoms with E-state index in [-0.39, 0.29) is 5.75 Å². The number of hydrogen-bond donors (Lipinski definition) is 0. The molecule has 1 aromatic rings. The van der Waals surface area contributed by atoms with Crippen molar-refractivity contribution in [3.05, 3.63) is 39.3 Å². The Kier molecular flexibility index (Phi) is 9.96. The number of hydrogen-bond acceptors (Lipinski definition) is 2. The minimum Gasteiger partial charge on any atom is -0.200 e. The van der Waals surface area contributed by atoms with Gasteiger partial charge in [-0.05, 0) is 36.8 Å². The summed E-state index contributed by atoms with van der Waals surface area (Å²) in [6.07, 6.45) is 3.75. The van der Waals surface area contributed by atoms with Crippen LogP contribution in [-0.4, -0.2) is 24.2 Å². The van der Waals surface area contributed by atoms with Gasteiger partial charge in [0.2, 0.25) is 0 Å². The van der Waals surface area contributed by atoms with Crippen LogP contribution in [0.15, 0.2) is 18.2 Å². The lowest BCUT2D eigenvalue weighted by molar-refractivity contribution is 0.483. The Morgan fingerprint density at radius 2 is 1.92 bits per heavy atom. The molecule has 25 heavy (non-hydrogen) atoms. The van der Waals surface area contributed by atoms with Crippen LogP contribution in [0.4, 0.5) is 0 Å². The quantitative estimate of drug-likeness (QED) is 0.357. The molecule has 0 heterocycles. The Hall–Kier alpha value is -0.670. The van der Waals surface area contributed by atoms with E-state index in [0.717, 1.165) is 29.2 Å². The molecule has 0 aliphatic heterocycles. The maximum Gasteiger partial charge on any atom is 0.317 e. The first kappa shape index (κ1) is 22.4. The second-order valence-electron chi connectivity index (χ2n) is 5.65. The molecule has 8 heteroatoms. The molecule has 0 fully saturated rings. The van der Waals surface area contributed by atoms with Crippen molar-refractivity contribution in [3.8, 4) is 6.07 Å². The van der Waals surface area contributed by atoms with Crippen molar-refractivity contribution in [3.63, 3.8) is 0 Å². The van der Waals surface area contributed by atoms with Crippen molar-refractivity contribution in [2.75, 3.05) is 6.54 Å². The zero-order valence-corrected chi connectivity index (χ0v) is 17.6. The molecule has 140 valence electrons. The number of unbranched alkanes of at least 4 members (excludes halogenated alkanes) is 1. The van der Waals surface area contributed by atoms with Crippen LogP contribution >= 0.6 is 34.8 Å². The lowest BCUT2D eigenvalue weighted by Gasteiger charge is -2.12. The van der Waals surface area contributed by atoms with Crippen LogP contribution in [0.2, 0.25) is 5.02 Å². The predicted octanol–water partition coefficient (Wildman–Crippen LogP) is 5.67. The van der Waals surface area contributed by atoms with Crippen molar-refractivity contribution in [1.29, 1.82) is 0 Å². The highest BCUT2D eigenvalue weighted by molar-refractivity contribution is 7.88. The van der Waals surface area contributed by atoms with Crippen LogP contribution in [0.3, 0.4) is 0 Å². The molecule has 0 amide bonds. The molecule has 0 saturated heterocycles. The molecule has 0 bridgehead atoms. The van der Waals surface area contributed by atoms with Gasteiger partial charge in [0.1, 0.15) is 17.1 Å². The average Bonchev–Trinajstić information content (AvgIpc) is 2.54. The van der Waals surface area contributed by atoms with Crippen molar-refractivity contribution < 1.29 is 8.42 Å². The highest BCUT2D eigenvalue weighted by atomic mass is 35.5. The van der Waals surface area contributed by atoms with Gasteiger partial charge in [0.15, 0.2) is 0 Å². The fraction of sp³-hybridized carbons (Fsp3) is 0.588. The third kappa shape index (κ3) is 7.62. The molecule has 4 nitrogen and oxygen atoms in total. The largest absolute Gasteiger partial charge is 0.317 e. The maximum atomic E-state index is 12.7. The van der Waals surface area contributed by atoms with Crippen LogP contribution in [0.1, 0.15) is 50.7 Å². The topological polar surface area (TPSA) is 41.7 Å². The Morgan fingerprint density at radius 1 is 1.24 bits per heavy atom. The van der Waals surface area contributed by atoms with Crippen LogP contribution < -0.4 is 0 Å². The summed E-state index contributed by atoms with van der Waals surface area (Å²) < 4.78 is 26.4. The molecule has 0 radical (unpaired) electrons. The highest BCUT2D eigenvalue weighted by Gasteiger charge is 2.29. The van der Waals surface area contributed by atoms with Gasteiger partial charge < -0.3 is 0 Å². The first-order valence-corrected chi connectivity index (χ1v) is 11.1. The molecule has 1 aromatic carbocycles. The number of aryl methyl sites for hydroxylation is 1. The van der Waals surface area contributed by atoms with E-state index in [1.165, 1.54) is 0 Å². The van der Waals surface area contributed by atoms with Crippen LogP contribution in [0.5, 0.6) is 0 Å². The molecule has 0 atom stereocenters. The zero-order chi connectivity index (χ0) is 18.9. The van der Waals surface area contributed by atoms with Gasteiger partial charge in [-0.25, -0.2) is 8.42 Å². The number of rotatable bonds is 10. The summed E-state index contributed by atoms with van der Waals surface area (Å²) in [7, 11) is -3.61. The molecule has 0 aliphatic carbocycles. The van der Waals surface area contributed by atoms with Gasteiger partial charge in [-0.1, -0.05) is 43.1 Å². The standard InChI is InChI=1S/C17H24Cl3N2O2S/c1-3-5-12-22(21-4-2)25(23,24)13-15-10-6-8-14(17(15)20)9-7-11-16(18)19/h6,8,10,16H,3,5,7,9,11-13H2,1-2H3/q+1. The van der Waals surface area contributed by atoms with Crippen molar-refractivity contribution in [1.82, 2.24) is 4.41 Å². The Labute approximate surface area is 165 Å². The van der Waals surface area contributed by atoms with Gasteiger partial charge in [-0.15, -0.1) is 23.2 Å². The summed E-state index contributed by atoms with van der Waals surface area (Å²) in [5.74, 6) is -0.192. The molecule has 0 aromatic heterocycles. The summed E-state index contributed by atoms with van der Waals surface area (Å²) in [6, 6.07) is 7.98. The third-order valence-electron chi connectivity index (χ3n) is 3.60. The summed E-state index contributed by atoms with van der Waals surface area (Å²) in [6.45, 7) is 3.91. The first-order valence-electron chi connectivity index (χ1n) is 8.24. The van der Waals surface area contributed by atoms with Gasteiger partial charge >= 0.3 is 6.07 Å². The van der Waals surface area contributed by atoms with Crippen molar-refractivity contribution in [2.45, 2.75) is 56.5 Å². The molecule has 0 saturated carbocycles. The van der Waals surface area contributed by atoms with E-state index < -0.39 is 14.9 Å². The molecule has 0 N–H and O–H groups in total. The molecular formula is C17H24Cl3N2O2S+. The summed E-state index contributed by atoms with van der Waals surface area (Å²) in [5, 5.41) is 0.478. The number of sulfonamides is 1. The summed E-state index contributed by atoms with van der Waals surface area (Å²) in [5.41, 5.74) is 1.47. The minimum atomic E-state index is -3.61. The van der Waals surface area contributed by atoms with E-state index in [2.05, 4.69) is 11.0 Å². The fourth-order valence-electron chi connectivity index (χ4n) is 2.31. The Balaban J connectivity index is 2.94. The van der Waals surface area contributed by atoms with Gasteiger partial charge in [0.05, 0.1) is 11.9 Å². The van der Waals surface area contributed by atoms with E-state index in [9.17, 15) is 8.42 Å². The molecular weight excluding hydrogens is 403 g/mol. The normalized spacial score (nSPS) is 11.3. The van der Waals surface area contributed by atoms with E-state index in [4.69, 9.17) is 34.8 Å². The van der Waals surface area contributed by atoms with E-state index in [1.54, 1.807) is 13.0 Å². The van der Waals surface area contributed by atoms with E-state index >= 15 is 0 Å². The zero-order valence-electron chi connectivity index (χ0n) is 14.5. The average molecular weight is 427 g/mol. The highest BCUT2D eigenvalue weighted by Crippen LogP contribution is 2.26. The predicted molar refractivity (Wildman–Crippen MR) is 107 cm³/mol. The maximum absolute atomic E-state index is 12.7. The van der Waals surface area contributed by atoms with Crippen molar-refractivity contribution >= 4 is 44.8 Å². The molecule has 1 rings (SSSR count). The second-order valence-corrected chi connectivity index (χ2v) is 9.18. The van der Waals surface area contributed by atoms with E-state index in [1.807, 2.05) is 19.1 Å².